The van der Waals surface area contributed by atoms with Crippen molar-refractivity contribution in [3.63, 3.8) is 0 Å². The van der Waals surface area contributed by atoms with Crippen LogP contribution in [-0.2, 0) is 6.54 Å². The van der Waals surface area contributed by atoms with Gasteiger partial charge in [0.1, 0.15) is 5.65 Å². The summed E-state index contributed by atoms with van der Waals surface area (Å²) in [7, 11) is 2.10. The van der Waals surface area contributed by atoms with Crippen molar-refractivity contribution in [3.8, 4) is 0 Å². The van der Waals surface area contributed by atoms with Crippen LogP contribution in [0.5, 0.6) is 0 Å². The van der Waals surface area contributed by atoms with Gasteiger partial charge in [0, 0.05) is 30.4 Å². The molecule has 0 aliphatic heterocycles. The predicted octanol–water partition coefficient (Wildman–Crippen LogP) is 3.06. The van der Waals surface area contributed by atoms with Gasteiger partial charge in [-0.2, -0.15) is 0 Å². The van der Waals surface area contributed by atoms with Crippen LogP contribution in [0.25, 0.3) is 11.0 Å². The zero-order chi connectivity index (χ0) is 11.7. The van der Waals surface area contributed by atoms with Gasteiger partial charge in [0.05, 0.1) is 5.02 Å². The molecule has 0 saturated heterocycles. The Morgan fingerprint density at radius 1 is 1.50 bits per heavy atom. The van der Waals surface area contributed by atoms with Gasteiger partial charge in [-0.3, -0.25) is 4.90 Å². The van der Waals surface area contributed by atoms with Crippen molar-refractivity contribution in [2.75, 3.05) is 7.05 Å². The molecular weight excluding hydrogens is 222 g/mol. The summed E-state index contributed by atoms with van der Waals surface area (Å²) in [4.78, 5) is 9.68. The highest BCUT2D eigenvalue weighted by molar-refractivity contribution is 6.35. The van der Waals surface area contributed by atoms with Gasteiger partial charge in [-0.1, -0.05) is 11.6 Å². The van der Waals surface area contributed by atoms with Gasteiger partial charge in [0.2, 0.25) is 0 Å². The van der Waals surface area contributed by atoms with Crippen molar-refractivity contribution < 1.29 is 0 Å². The zero-order valence-corrected chi connectivity index (χ0v) is 10.5. The molecule has 2 heterocycles. The van der Waals surface area contributed by atoms with E-state index >= 15 is 0 Å². The number of H-pyrrole nitrogens is 1. The average Bonchev–Trinajstić information content (AvgIpc) is 2.63. The molecule has 2 aromatic rings. The molecule has 0 spiro atoms. The number of nitrogens with zero attached hydrogens (tertiary/aromatic N) is 2. The van der Waals surface area contributed by atoms with E-state index in [2.05, 4.69) is 35.8 Å². The van der Waals surface area contributed by atoms with Crippen molar-refractivity contribution >= 4 is 22.6 Å². The molecule has 0 fully saturated rings. The molecule has 0 aliphatic rings. The molecule has 2 rings (SSSR count). The van der Waals surface area contributed by atoms with Crippen LogP contribution in [0.2, 0.25) is 5.02 Å². The van der Waals surface area contributed by atoms with E-state index in [-0.39, 0.29) is 0 Å². The SMILES string of the molecule is CC(C)N(C)Cc1c[nH]c2nccc(Cl)c12. The summed E-state index contributed by atoms with van der Waals surface area (Å²) in [5.41, 5.74) is 2.06. The minimum atomic E-state index is 0.514. The fraction of sp³-hybridized carbons (Fsp3) is 0.417. The molecule has 0 bridgehead atoms. The van der Waals surface area contributed by atoms with E-state index in [0.29, 0.717) is 6.04 Å². The topological polar surface area (TPSA) is 31.9 Å². The first-order valence-corrected chi connectivity index (χ1v) is 5.78. The molecule has 2 aromatic heterocycles. The van der Waals surface area contributed by atoms with Crippen LogP contribution in [0.4, 0.5) is 0 Å². The lowest BCUT2D eigenvalue weighted by molar-refractivity contribution is 0.267. The number of hydrogen-bond donors (Lipinski definition) is 1. The van der Waals surface area contributed by atoms with Crippen molar-refractivity contribution in [1.29, 1.82) is 0 Å². The van der Waals surface area contributed by atoms with Gasteiger partial charge in [-0.15, -0.1) is 0 Å². The van der Waals surface area contributed by atoms with Crippen molar-refractivity contribution in [1.82, 2.24) is 14.9 Å². The smallest absolute Gasteiger partial charge is 0.139 e. The van der Waals surface area contributed by atoms with E-state index in [1.165, 1.54) is 5.56 Å². The second-order valence-corrected chi connectivity index (χ2v) is 4.75. The molecule has 0 radical (unpaired) electrons. The van der Waals surface area contributed by atoms with Gasteiger partial charge < -0.3 is 4.98 Å². The molecule has 86 valence electrons. The second kappa shape index (κ2) is 4.44. The summed E-state index contributed by atoms with van der Waals surface area (Å²) in [6.07, 6.45) is 3.71. The first kappa shape index (κ1) is 11.4. The lowest BCUT2D eigenvalue weighted by Crippen LogP contribution is -2.25. The monoisotopic (exact) mass is 237 g/mol. The molecule has 0 saturated carbocycles. The van der Waals surface area contributed by atoms with E-state index in [1.54, 1.807) is 6.20 Å². The number of aromatic amines is 1. The summed E-state index contributed by atoms with van der Waals surface area (Å²) in [5.74, 6) is 0. The average molecular weight is 238 g/mol. The standard InChI is InChI=1S/C12H16ClN3/c1-8(2)16(3)7-9-6-15-12-11(9)10(13)4-5-14-12/h4-6,8H,7H2,1-3H3,(H,14,15). The highest BCUT2D eigenvalue weighted by atomic mass is 35.5. The Morgan fingerprint density at radius 2 is 2.25 bits per heavy atom. The number of nitrogens with one attached hydrogen (secondary N) is 1. The largest absolute Gasteiger partial charge is 0.346 e. The van der Waals surface area contributed by atoms with Crippen LogP contribution in [0.1, 0.15) is 19.4 Å². The van der Waals surface area contributed by atoms with E-state index in [0.717, 1.165) is 22.6 Å². The summed E-state index contributed by atoms with van der Waals surface area (Å²) in [5, 5.41) is 1.80. The Bertz CT molecular complexity index is 490. The minimum Gasteiger partial charge on any atom is -0.346 e. The van der Waals surface area contributed by atoms with Gasteiger partial charge >= 0.3 is 0 Å². The Balaban J connectivity index is 2.38. The van der Waals surface area contributed by atoms with E-state index < -0.39 is 0 Å². The highest BCUT2D eigenvalue weighted by Crippen LogP contribution is 2.25. The van der Waals surface area contributed by atoms with Gasteiger partial charge in [-0.25, -0.2) is 4.98 Å². The maximum atomic E-state index is 6.19. The fourth-order valence-corrected chi connectivity index (χ4v) is 1.92. The minimum absolute atomic E-state index is 0.514. The predicted molar refractivity (Wildman–Crippen MR) is 67.7 cm³/mol. The number of aromatic nitrogens is 2. The maximum absolute atomic E-state index is 6.19. The molecule has 16 heavy (non-hydrogen) atoms. The third-order valence-corrected chi connectivity index (χ3v) is 3.22. The molecule has 0 aliphatic carbocycles. The molecule has 1 N–H and O–H groups in total. The molecule has 0 unspecified atom stereocenters. The Labute approximate surface area is 100 Å². The molecule has 3 nitrogen and oxygen atoms in total. The van der Waals surface area contributed by atoms with E-state index in [9.17, 15) is 0 Å². The van der Waals surface area contributed by atoms with Crippen LogP contribution in [0.3, 0.4) is 0 Å². The molecule has 0 aromatic carbocycles. The van der Waals surface area contributed by atoms with Crippen LogP contribution in [0.15, 0.2) is 18.5 Å². The zero-order valence-electron chi connectivity index (χ0n) is 9.79. The van der Waals surface area contributed by atoms with Gasteiger partial charge in [0.25, 0.3) is 0 Å². The maximum Gasteiger partial charge on any atom is 0.139 e. The number of halogens is 1. The van der Waals surface area contributed by atoms with Crippen LogP contribution in [-0.4, -0.2) is 28.0 Å². The first-order chi connectivity index (χ1) is 7.59. The van der Waals surface area contributed by atoms with Crippen LogP contribution >= 0.6 is 11.6 Å². The quantitative estimate of drug-likeness (QED) is 0.890. The van der Waals surface area contributed by atoms with Crippen molar-refractivity contribution in [2.45, 2.75) is 26.4 Å². The van der Waals surface area contributed by atoms with E-state index in [1.807, 2.05) is 12.3 Å². The van der Waals surface area contributed by atoms with Crippen molar-refractivity contribution in [3.05, 3.63) is 29.0 Å². The third-order valence-electron chi connectivity index (χ3n) is 2.91. The van der Waals surface area contributed by atoms with Crippen molar-refractivity contribution in [2.24, 2.45) is 0 Å². The number of rotatable bonds is 3. The van der Waals surface area contributed by atoms with E-state index in [4.69, 9.17) is 11.6 Å². The second-order valence-electron chi connectivity index (χ2n) is 4.34. The number of pyridine rings is 1. The summed E-state index contributed by atoms with van der Waals surface area (Å²) in [6.45, 7) is 5.23. The van der Waals surface area contributed by atoms with Crippen LogP contribution in [0, 0.1) is 0 Å². The Kier molecular flexibility index (Phi) is 3.17. The molecule has 0 atom stereocenters. The Morgan fingerprint density at radius 3 is 2.94 bits per heavy atom. The Hall–Kier alpha value is -1.06. The van der Waals surface area contributed by atoms with Gasteiger partial charge in [0.15, 0.2) is 0 Å². The molecular formula is C12H16ClN3. The van der Waals surface area contributed by atoms with Crippen LogP contribution < -0.4 is 0 Å². The highest BCUT2D eigenvalue weighted by Gasteiger charge is 2.11. The lowest BCUT2D eigenvalue weighted by Gasteiger charge is -2.20. The summed E-state index contributed by atoms with van der Waals surface area (Å²) in [6, 6.07) is 2.34. The molecule has 0 amide bonds. The lowest BCUT2D eigenvalue weighted by atomic mass is 10.2. The third kappa shape index (κ3) is 2.06. The summed E-state index contributed by atoms with van der Waals surface area (Å²) >= 11 is 6.19. The van der Waals surface area contributed by atoms with Gasteiger partial charge in [-0.05, 0) is 32.5 Å². The summed E-state index contributed by atoms with van der Waals surface area (Å²) < 4.78 is 0. The number of fused-ring (bicyclic) bond motifs is 1. The fourth-order valence-electron chi connectivity index (χ4n) is 1.66. The molecule has 4 heteroatoms. The number of hydrogen-bond acceptors (Lipinski definition) is 2. The normalized spacial score (nSPS) is 11.9. The first-order valence-electron chi connectivity index (χ1n) is 5.40.